The van der Waals surface area contributed by atoms with Crippen LogP contribution >= 0.6 is 0 Å². The number of hydrogen-bond acceptors (Lipinski definition) is 5. The van der Waals surface area contributed by atoms with E-state index in [0.29, 0.717) is 17.8 Å². The molecule has 96 valence electrons. The number of hydrogen-bond donors (Lipinski definition) is 1. The van der Waals surface area contributed by atoms with Gasteiger partial charge in [-0.3, -0.25) is 0 Å². The fourth-order valence-corrected chi connectivity index (χ4v) is 1.72. The largest absolute Gasteiger partial charge is 0.497 e. The lowest BCUT2D eigenvalue weighted by Crippen LogP contribution is -2.03. The van der Waals surface area contributed by atoms with Gasteiger partial charge in [-0.05, 0) is 24.1 Å². The van der Waals surface area contributed by atoms with Crippen molar-refractivity contribution in [2.45, 2.75) is 12.8 Å². The third-order valence-electron chi connectivity index (χ3n) is 2.76. The zero-order chi connectivity index (χ0) is 13.7. The first-order valence-electron chi connectivity index (χ1n) is 5.87. The van der Waals surface area contributed by atoms with Crippen molar-refractivity contribution in [2.75, 3.05) is 12.8 Å². The van der Waals surface area contributed by atoms with Crippen LogP contribution in [0, 0.1) is 11.3 Å². The summed E-state index contributed by atoms with van der Waals surface area (Å²) < 4.78 is 5.17. The van der Waals surface area contributed by atoms with Crippen LogP contribution in [0.1, 0.15) is 17.0 Å². The Morgan fingerprint density at radius 3 is 2.89 bits per heavy atom. The zero-order valence-corrected chi connectivity index (χ0v) is 10.6. The second-order valence-corrected chi connectivity index (χ2v) is 4.05. The Labute approximate surface area is 111 Å². The molecule has 2 aromatic rings. The van der Waals surface area contributed by atoms with Gasteiger partial charge in [0.05, 0.1) is 13.3 Å². The quantitative estimate of drug-likeness (QED) is 0.898. The fourth-order valence-electron chi connectivity index (χ4n) is 1.72. The molecule has 0 atom stereocenters. The van der Waals surface area contributed by atoms with Crippen molar-refractivity contribution < 1.29 is 4.74 Å². The smallest absolute Gasteiger partial charge is 0.145 e. The van der Waals surface area contributed by atoms with Gasteiger partial charge in [-0.1, -0.05) is 12.1 Å². The number of nitrogens with zero attached hydrogens (tertiary/aromatic N) is 3. The summed E-state index contributed by atoms with van der Waals surface area (Å²) in [4.78, 5) is 8.24. The molecule has 0 aliphatic carbocycles. The molecule has 0 radical (unpaired) electrons. The van der Waals surface area contributed by atoms with Gasteiger partial charge < -0.3 is 10.5 Å². The van der Waals surface area contributed by atoms with Crippen LogP contribution in [0.25, 0.3) is 0 Å². The van der Waals surface area contributed by atoms with Gasteiger partial charge in [0, 0.05) is 6.42 Å². The minimum Gasteiger partial charge on any atom is -0.497 e. The van der Waals surface area contributed by atoms with E-state index in [9.17, 15) is 0 Å². The zero-order valence-electron chi connectivity index (χ0n) is 10.6. The van der Waals surface area contributed by atoms with Gasteiger partial charge in [0.25, 0.3) is 0 Å². The molecule has 2 rings (SSSR count). The molecule has 1 heterocycles. The summed E-state index contributed by atoms with van der Waals surface area (Å²) >= 11 is 0. The number of nitrogens with two attached hydrogens (primary N) is 1. The van der Waals surface area contributed by atoms with Crippen molar-refractivity contribution in [1.82, 2.24) is 9.97 Å². The van der Waals surface area contributed by atoms with Crippen molar-refractivity contribution in [1.29, 1.82) is 5.26 Å². The minimum atomic E-state index is 0.234. The van der Waals surface area contributed by atoms with Crippen LogP contribution in [0.4, 0.5) is 5.82 Å². The Hall–Kier alpha value is -2.61. The van der Waals surface area contributed by atoms with E-state index in [-0.39, 0.29) is 5.82 Å². The predicted molar refractivity (Wildman–Crippen MR) is 71.6 cm³/mol. The summed E-state index contributed by atoms with van der Waals surface area (Å²) in [6.07, 6.45) is 2.93. The minimum absolute atomic E-state index is 0.234. The fraction of sp³-hybridized carbons (Fsp3) is 0.214. The van der Waals surface area contributed by atoms with Gasteiger partial charge in [0.2, 0.25) is 0 Å². The molecule has 5 heteroatoms. The van der Waals surface area contributed by atoms with Gasteiger partial charge in [-0.15, -0.1) is 0 Å². The first-order valence-corrected chi connectivity index (χ1v) is 5.87. The van der Waals surface area contributed by atoms with Crippen LogP contribution < -0.4 is 10.5 Å². The van der Waals surface area contributed by atoms with Gasteiger partial charge in [-0.25, -0.2) is 9.97 Å². The molecule has 1 aromatic carbocycles. The van der Waals surface area contributed by atoms with Crippen molar-refractivity contribution in [3.63, 3.8) is 0 Å². The maximum Gasteiger partial charge on any atom is 0.145 e. The highest BCUT2D eigenvalue weighted by Crippen LogP contribution is 2.14. The van der Waals surface area contributed by atoms with E-state index in [4.69, 9.17) is 15.7 Å². The summed E-state index contributed by atoms with van der Waals surface area (Å²) in [7, 11) is 1.64. The Morgan fingerprint density at radius 2 is 2.21 bits per heavy atom. The summed E-state index contributed by atoms with van der Waals surface area (Å²) in [6, 6.07) is 9.80. The summed E-state index contributed by atoms with van der Waals surface area (Å²) in [5, 5.41) is 8.75. The summed E-state index contributed by atoms with van der Waals surface area (Å²) in [5.41, 5.74) is 7.11. The normalized spacial score (nSPS) is 9.89. The van der Waals surface area contributed by atoms with E-state index in [1.807, 2.05) is 30.3 Å². The van der Waals surface area contributed by atoms with E-state index >= 15 is 0 Å². The molecule has 0 bridgehead atoms. The molecule has 0 saturated carbocycles. The first-order chi connectivity index (χ1) is 9.22. The van der Waals surface area contributed by atoms with Crippen molar-refractivity contribution >= 4 is 5.82 Å². The molecule has 0 aliphatic heterocycles. The highest BCUT2D eigenvalue weighted by atomic mass is 16.5. The first kappa shape index (κ1) is 12.8. The van der Waals surface area contributed by atoms with Crippen LogP contribution in [0.5, 0.6) is 5.75 Å². The second kappa shape index (κ2) is 5.83. The molecular weight excluding hydrogens is 240 g/mol. The van der Waals surface area contributed by atoms with Gasteiger partial charge in [0.15, 0.2) is 0 Å². The third-order valence-corrected chi connectivity index (χ3v) is 2.76. The highest BCUT2D eigenvalue weighted by molar-refractivity contribution is 5.46. The number of benzene rings is 1. The molecule has 1 aromatic heterocycles. The Balaban J connectivity index is 2.06. The monoisotopic (exact) mass is 254 g/mol. The lowest BCUT2D eigenvalue weighted by Gasteiger charge is -2.05. The molecule has 0 fully saturated rings. The molecular formula is C14H14N4O. The van der Waals surface area contributed by atoms with Crippen LogP contribution in [-0.2, 0) is 12.8 Å². The topological polar surface area (TPSA) is 84.8 Å². The van der Waals surface area contributed by atoms with Crippen molar-refractivity contribution in [3.8, 4) is 11.8 Å². The average Bonchev–Trinajstić information content (AvgIpc) is 2.45. The molecule has 19 heavy (non-hydrogen) atoms. The maximum atomic E-state index is 8.75. The molecule has 0 aliphatic rings. The summed E-state index contributed by atoms with van der Waals surface area (Å²) in [6.45, 7) is 0. The second-order valence-electron chi connectivity index (χ2n) is 4.05. The predicted octanol–water partition coefficient (Wildman–Crippen LogP) is 1.72. The molecule has 0 saturated heterocycles. The number of nitrogen functional groups attached to an aromatic ring is 1. The Morgan fingerprint density at radius 1 is 1.37 bits per heavy atom. The average molecular weight is 254 g/mol. The van der Waals surface area contributed by atoms with Crippen LogP contribution in [-0.4, -0.2) is 17.1 Å². The standard InChI is InChI=1S/C14H14N4O/c1-19-12-4-2-3-10(7-12)5-6-13-17-9-11(8-15)14(16)18-13/h2-4,7,9H,5-6H2,1H3,(H2,16,17,18). The molecule has 0 amide bonds. The van der Waals surface area contributed by atoms with E-state index in [2.05, 4.69) is 9.97 Å². The number of rotatable bonds is 4. The van der Waals surface area contributed by atoms with Gasteiger partial charge in [0.1, 0.15) is 29.0 Å². The highest BCUT2D eigenvalue weighted by Gasteiger charge is 2.04. The number of nitriles is 1. The number of aryl methyl sites for hydroxylation is 2. The van der Waals surface area contributed by atoms with Crippen molar-refractivity contribution in [2.24, 2.45) is 0 Å². The number of ether oxygens (including phenoxy) is 1. The van der Waals surface area contributed by atoms with Crippen molar-refractivity contribution in [3.05, 3.63) is 47.4 Å². The lowest BCUT2D eigenvalue weighted by molar-refractivity contribution is 0.414. The number of aromatic nitrogens is 2. The third kappa shape index (κ3) is 3.19. The molecule has 2 N–H and O–H groups in total. The molecule has 0 spiro atoms. The maximum absolute atomic E-state index is 8.75. The van der Waals surface area contributed by atoms with Crippen LogP contribution in [0.15, 0.2) is 30.5 Å². The number of anilines is 1. The SMILES string of the molecule is COc1cccc(CCc2ncc(C#N)c(N)n2)c1. The van der Waals surface area contributed by atoms with Crippen LogP contribution in [0.3, 0.4) is 0 Å². The van der Waals surface area contributed by atoms with Gasteiger partial charge >= 0.3 is 0 Å². The van der Waals surface area contributed by atoms with Crippen LogP contribution in [0.2, 0.25) is 0 Å². The summed E-state index contributed by atoms with van der Waals surface area (Å²) in [5.74, 6) is 1.70. The van der Waals surface area contributed by atoms with E-state index in [1.165, 1.54) is 6.20 Å². The molecule has 5 nitrogen and oxygen atoms in total. The lowest BCUT2D eigenvalue weighted by atomic mass is 10.1. The van der Waals surface area contributed by atoms with E-state index in [1.54, 1.807) is 7.11 Å². The number of methoxy groups -OCH3 is 1. The van der Waals surface area contributed by atoms with E-state index < -0.39 is 0 Å². The Kier molecular flexibility index (Phi) is 3.94. The van der Waals surface area contributed by atoms with Gasteiger partial charge in [-0.2, -0.15) is 5.26 Å². The van der Waals surface area contributed by atoms with E-state index in [0.717, 1.165) is 17.7 Å². The molecule has 0 unspecified atom stereocenters. The Bertz CT molecular complexity index is 619.